The maximum Gasteiger partial charge on any atom is 0.325 e. The van der Waals surface area contributed by atoms with Crippen LogP contribution in [-0.4, -0.2) is 30.1 Å². The Morgan fingerprint density at radius 1 is 1.19 bits per heavy atom. The Morgan fingerprint density at radius 2 is 1.86 bits per heavy atom. The standard InChI is InChI=1S/C12H13N3O5S/c16-7-9(8-4-2-1-3-5-8)15-21(19,20)10-6-13-12(18)14-11(10)17/h1-6,9,15-16H,7H2,(H2,13,14,17,18)/t9-/m0/s1. The second kappa shape index (κ2) is 6.04. The van der Waals surface area contributed by atoms with Gasteiger partial charge in [0.15, 0.2) is 4.90 Å². The molecule has 1 atom stereocenters. The fourth-order valence-corrected chi connectivity index (χ4v) is 2.97. The van der Waals surface area contributed by atoms with E-state index in [1.54, 1.807) is 30.3 Å². The summed E-state index contributed by atoms with van der Waals surface area (Å²) < 4.78 is 26.5. The van der Waals surface area contributed by atoms with Gasteiger partial charge >= 0.3 is 5.69 Å². The highest BCUT2D eigenvalue weighted by Gasteiger charge is 2.23. The van der Waals surface area contributed by atoms with Gasteiger partial charge in [-0.1, -0.05) is 30.3 Å². The van der Waals surface area contributed by atoms with E-state index >= 15 is 0 Å². The maximum absolute atomic E-state index is 12.1. The molecule has 9 heteroatoms. The molecule has 0 saturated heterocycles. The number of benzene rings is 1. The van der Waals surface area contributed by atoms with E-state index < -0.39 is 38.8 Å². The minimum atomic E-state index is -4.19. The molecule has 0 unspecified atom stereocenters. The van der Waals surface area contributed by atoms with E-state index in [2.05, 4.69) is 9.71 Å². The average molecular weight is 311 g/mol. The molecular formula is C12H13N3O5S. The predicted octanol–water partition coefficient (Wildman–Crippen LogP) is -0.925. The molecule has 112 valence electrons. The van der Waals surface area contributed by atoms with Crippen LogP contribution in [0.1, 0.15) is 11.6 Å². The Kier molecular flexibility index (Phi) is 4.36. The van der Waals surface area contributed by atoms with Crippen molar-refractivity contribution in [2.24, 2.45) is 0 Å². The molecule has 0 fully saturated rings. The van der Waals surface area contributed by atoms with E-state index in [0.29, 0.717) is 5.56 Å². The molecule has 0 bridgehead atoms. The number of sulfonamides is 1. The number of aromatic amines is 2. The molecule has 4 N–H and O–H groups in total. The quantitative estimate of drug-likeness (QED) is 0.566. The van der Waals surface area contributed by atoms with E-state index in [-0.39, 0.29) is 0 Å². The molecule has 0 radical (unpaired) electrons. The lowest BCUT2D eigenvalue weighted by Gasteiger charge is -2.16. The van der Waals surface area contributed by atoms with Gasteiger partial charge in [0.2, 0.25) is 10.0 Å². The third-order valence-electron chi connectivity index (χ3n) is 2.76. The number of rotatable bonds is 5. The first-order chi connectivity index (χ1) is 9.94. The van der Waals surface area contributed by atoms with Gasteiger partial charge in [0.25, 0.3) is 5.56 Å². The Bertz CT molecular complexity index is 826. The van der Waals surface area contributed by atoms with Gasteiger partial charge in [-0.15, -0.1) is 0 Å². The summed E-state index contributed by atoms with van der Waals surface area (Å²) in [6.07, 6.45) is 0.808. The number of aliphatic hydroxyl groups excluding tert-OH is 1. The van der Waals surface area contributed by atoms with Crippen LogP contribution in [0.4, 0.5) is 0 Å². The molecule has 0 aliphatic heterocycles. The largest absolute Gasteiger partial charge is 0.394 e. The first kappa shape index (κ1) is 15.2. The summed E-state index contributed by atoms with van der Waals surface area (Å²) in [6, 6.07) is 7.51. The molecule has 8 nitrogen and oxygen atoms in total. The van der Waals surface area contributed by atoms with Crippen LogP contribution < -0.4 is 16.0 Å². The molecule has 2 aromatic rings. The van der Waals surface area contributed by atoms with Crippen molar-refractivity contribution in [3.8, 4) is 0 Å². The number of aromatic nitrogens is 2. The van der Waals surface area contributed by atoms with Crippen molar-refractivity contribution in [1.29, 1.82) is 0 Å². The van der Waals surface area contributed by atoms with Crippen molar-refractivity contribution >= 4 is 10.0 Å². The predicted molar refractivity (Wildman–Crippen MR) is 74.3 cm³/mol. The van der Waals surface area contributed by atoms with Gasteiger partial charge in [-0.3, -0.25) is 9.78 Å². The molecular weight excluding hydrogens is 298 g/mol. The zero-order valence-corrected chi connectivity index (χ0v) is 11.6. The summed E-state index contributed by atoms with van der Waals surface area (Å²) in [5.74, 6) is 0. The number of aliphatic hydroxyl groups is 1. The summed E-state index contributed by atoms with van der Waals surface area (Å²) in [5.41, 5.74) is -1.29. The lowest BCUT2D eigenvalue weighted by atomic mass is 10.1. The Balaban J connectivity index is 2.36. The number of nitrogens with one attached hydrogen (secondary N) is 3. The van der Waals surface area contributed by atoms with Crippen LogP contribution in [0.2, 0.25) is 0 Å². The molecule has 0 saturated carbocycles. The van der Waals surface area contributed by atoms with Crippen LogP contribution in [0, 0.1) is 0 Å². The van der Waals surface area contributed by atoms with E-state index in [0.717, 1.165) is 6.20 Å². The number of hydrogen-bond donors (Lipinski definition) is 4. The van der Waals surface area contributed by atoms with E-state index in [9.17, 15) is 23.1 Å². The zero-order valence-electron chi connectivity index (χ0n) is 10.7. The van der Waals surface area contributed by atoms with Crippen LogP contribution in [0.5, 0.6) is 0 Å². The van der Waals surface area contributed by atoms with Crippen molar-refractivity contribution < 1.29 is 13.5 Å². The molecule has 2 rings (SSSR count). The zero-order chi connectivity index (χ0) is 15.5. The van der Waals surface area contributed by atoms with Crippen molar-refractivity contribution in [2.75, 3.05) is 6.61 Å². The maximum atomic E-state index is 12.1. The fourth-order valence-electron chi connectivity index (χ4n) is 1.74. The van der Waals surface area contributed by atoms with E-state index in [1.807, 2.05) is 4.98 Å². The van der Waals surface area contributed by atoms with Crippen molar-refractivity contribution in [2.45, 2.75) is 10.9 Å². The lowest BCUT2D eigenvalue weighted by molar-refractivity contribution is 0.259. The van der Waals surface area contributed by atoms with Crippen molar-refractivity contribution in [3.63, 3.8) is 0 Å². The fraction of sp³-hybridized carbons (Fsp3) is 0.167. The molecule has 21 heavy (non-hydrogen) atoms. The SMILES string of the molecule is O=c1[nH]cc(S(=O)(=O)N[C@@H](CO)c2ccccc2)c(=O)[nH]1. The minimum absolute atomic E-state index is 0.482. The smallest absolute Gasteiger partial charge is 0.325 e. The third kappa shape index (κ3) is 3.45. The van der Waals surface area contributed by atoms with Gasteiger partial charge in [-0.05, 0) is 5.56 Å². The monoisotopic (exact) mass is 311 g/mol. The molecule has 0 aliphatic rings. The molecule has 0 spiro atoms. The van der Waals surface area contributed by atoms with E-state index in [4.69, 9.17) is 0 Å². The van der Waals surface area contributed by atoms with Crippen molar-refractivity contribution in [1.82, 2.24) is 14.7 Å². The van der Waals surface area contributed by atoms with Crippen LogP contribution in [0.15, 0.2) is 51.0 Å². The van der Waals surface area contributed by atoms with Crippen LogP contribution in [-0.2, 0) is 10.0 Å². The highest BCUT2D eigenvalue weighted by atomic mass is 32.2. The molecule has 1 aromatic heterocycles. The lowest BCUT2D eigenvalue weighted by Crippen LogP contribution is -2.36. The number of H-pyrrole nitrogens is 2. The first-order valence-electron chi connectivity index (χ1n) is 5.94. The Labute approximate surface area is 119 Å². The number of hydrogen-bond acceptors (Lipinski definition) is 5. The van der Waals surface area contributed by atoms with Gasteiger partial charge in [0, 0.05) is 6.20 Å². The van der Waals surface area contributed by atoms with E-state index in [1.165, 1.54) is 0 Å². The first-order valence-corrected chi connectivity index (χ1v) is 7.42. The van der Waals surface area contributed by atoms with Crippen LogP contribution in [0.3, 0.4) is 0 Å². The summed E-state index contributed by atoms with van der Waals surface area (Å²) in [4.78, 5) is 25.7. The molecule has 0 aliphatic carbocycles. The highest BCUT2D eigenvalue weighted by Crippen LogP contribution is 2.14. The topological polar surface area (TPSA) is 132 Å². The minimum Gasteiger partial charge on any atom is -0.394 e. The van der Waals surface area contributed by atoms with Crippen LogP contribution in [0.25, 0.3) is 0 Å². The summed E-state index contributed by atoms with van der Waals surface area (Å²) in [5, 5.41) is 9.33. The van der Waals surface area contributed by atoms with Gasteiger partial charge in [0.1, 0.15) is 0 Å². The molecule has 1 heterocycles. The summed E-state index contributed by atoms with van der Waals surface area (Å²) in [7, 11) is -4.19. The van der Waals surface area contributed by atoms with Crippen molar-refractivity contribution in [3.05, 3.63) is 62.9 Å². The average Bonchev–Trinajstić information content (AvgIpc) is 2.45. The molecule has 1 aromatic carbocycles. The molecule has 0 amide bonds. The second-order valence-electron chi connectivity index (χ2n) is 4.20. The summed E-state index contributed by atoms with van der Waals surface area (Å²) >= 11 is 0. The van der Waals surface area contributed by atoms with Gasteiger partial charge in [-0.2, -0.15) is 0 Å². The Morgan fingerprint density at radius 3 is 2.43 bits per heavy atom. The van der Waals surface area contributed by atoms with Gasteiger partial charge < -0.3 is 10.1 Å². The third-order valence-corrected chi connectivity index (χ3v) is 4.23. The Hall–Kier alpha value is -2.23. The van der Waals surface area contributed by atoms with Crippen LogP contribution >= 0.6 is 0 Å². The second-order valence-corrected chi connectivity index (χ2v) is 5.89. The normalized spacial score (nSPS) is 13.0. The van der Waals surface area contributed by atoms with Gasteiger partial charge in [-0.25, -0.2) is 17.9 Å². The highest BCUT2D eigenvalue weighted by molar-refractivity contribution is 7.89. The summed E-state index contributed by atoms with van der Waals surface area (Å²) in [6.45, 7) is -0.482. The van der Waals surface area contributed by atoms with Gasteiger partial charge in [0.05, 0.1) is 12.6 Å².